The van der Waals surface area contributed by atoms with Crippen molar-refractivity contribution in [2.24, 2.45) is 0 Å². The van der Waals surface area contributed by atoms with E-state index in [-0.39, 0.29) is 0 Å². The third-order valence-corrected chi connectivity index (χ3v) is 8.05. The summed E-state index contributed by atoms with van der Waals surface area (Å²) in [6, 6.07) is 0. The summed E-state index contributed by atoms with van der Waals surface area (Å²) in [4.78, 5) is 0. The Hall–Kier alpha value is -0.680. The molecule has 17 heteroatoms. The largest absolute Gasteiger partial charge is 0.388 e. The Morgan fingerprint density at radius 2 is 0.732 bits per heavy atom. The van der Waals surface area contributed by atoms with Gasteiger partial charge in [0.25, 0.3) is 0 Å². The van der Waals surface area contributed by atoms with Crippen molar-refractivity contribution < 1.29 is 84.2 Å². The summed E-state index contributed by atoms with van der Waals surface area (Å²) in [5.41, 5.74) is 0. The van der Waals surface area contributed by atoms with Crippen molar-refractivity contribution in [3.8, 4) is 0 Å². The zero-order valence-corrected chi connectivity index (χ0v) is 22.9. The Morgan fingerprint density at radius 1 is 0.341 bits per heavy atom. The van der Waals surface area contributed by atoms with E-state index in [9.17, 15) is 51.1 Å². The van der Waals surface area contributed by atoms with Gasteiger partial charge in [-0.2, -0.15) is 0 Å². The molecule has 20 atom stereocenters. The van der Waals surface area contributed by atoms with Crippen molar-refractivity contribution in [3.05, 3.63) is 0 Å². The summed E-state index contributed by atoms with van der Waals surface area (Å²) in [5, 5.41) is 104. The van der Waals surface area contributed by atoms with Crippen LogP contribution in [0.25, 0.3) is 0 Å². The first-order chi connectivity index (χ1) is 19.1. The molecule has 0 amide bonds. The molecule has 10 N–H and O–H groups in total. The van der Waals surface area contributed by atoms with E-state index >= 15 is 0 Å². The van der Waals surface area contributed by atoms with Crippen molar-refractivity contribution >= 4 is 0 Å². The smallest absolute Gasteiger partial charge is 0.187 e. The SMILES string of the molecule is C[C@@H]1O[C@@H](O[C@H]2[C@H](O[C@@H]3[C@@H](O)[C@H](C)O[C@@H](O[C@@H]4[C@@H](O)[C@H](C)OC(O)[C@@H]4O)[C@@H]3O)O[C@@H](C)[C@H](O)[C@H]2O)[C@H](O)[C@H](O)[C@H]1O. The molecular weight excluding hydrogens is 560 g/mol. The molecule has 0 radical (unpaired) electrons. The van der Waals surface area contributed by atoms with Crippen LogP contribution in [-0.2, 0) is 33.2 Å². The molecular formula is C24H42O17. The van der Waals surface area contributed by atoms with Gasteiger partial charge in [-0.05, 0) is 27.7 Å². The van der Waals surface area contributed by atoms with Gasteiger partial charge >= 0.3 is 0 Å². The summed E-state index contributed by atoms with van der Waals surface area (Å²) in [5.74, 6) is 0. The third-order valence-electron chi connectivity index (χ3n) is 8.05. The first-order valence-corrected chi connectivity index (χ1v) is 13.5. The molecule has 0 aromatic rings. The lowest BCUT2D eigenvalue weighted by molar-refractivity contribution is -0.391. The normalized spacial score (nSPS) is 56.9. The first-order valence-electron chi connectivity index (χ1n) is 13.5. The van der Waals surface area contributed by atoms with E-state index < -0.39 is 123 Å². The molecule has 0 aromatic carbocycles. The summed E-state index contributed by atoms with van der Waals surface area (Å²) < 4.78 is 38.9. The van der Waals surface area contributed by atoms with Crippen LogP contribution in [0.3, 0.4) is 0 Å². The highest BCUT2D eigenvalue weighted by Gasteiger charge is 2.54. The van der Waals surface area contributed by atoms with Gasteiger partial charge in [-0.15, -0.1) is 0 Å². The predicted molar refractivity (Wildman–Crippen MR) is 128 cm³/mol. The van der Waals surface area contributed by atoms with Gasteiger partial charge < -0.3 is 84.2 Å². The van der Waals surface area contributed by atoms with Gasteiger partial charge in [0, 0.05) is 0 Å². The minimum absolute atomic E-state index is 0.947. The lowest BCUT2D eigenvalue weighted by Crippen LogP contribution is -2.66. The predicted octanol–water partition coefficient (Wildman–Crippen LogP) is -5.64. The van der Waals surface area contributed by atoms with Gasteiger partial charge in [-0.25, -0.2) is 0 Å². The highest BCUT2D eigenvalue weighted by atomic mass is 16.8. The number of rotatable bonds is 6. The fraction of sp³-hybridized carbons (Fsp3) is 1.00. The zero-order valence-electron chi connectivity index (χ0n) is 22.9. The Bertz CT molecular complexity index is 839. The van der Waals surface area contributed by atoms with Gasteiger partial charge in [0.2, 0.25) is 0 Å². The minimum Gasteiger partial charge on any atom is -0.388 e. The fourth-order valence-electron chi connectivity index (χ4n) is 5.29. The number of aliphatic hydroxyl groups excluding tert-OH is 10. The quantitative estimate of drug-likeness (QED) is 0.136. The van der Waals surface area contributed by atoms with Gasteiger partial charge in [-0.3, -0.25) is 0 Å². The van der Waals surface area contributed by atoms with Crippen molar-refractivity contribution in [2.75, 3.05) is 0 Å². The molecule has 4 rings (SSSR count). The molecule has 4 aliphatic rings. The van der Waals surface area contributed by atoms with Crippen LogP contribution >= 0.6 is 0 Å². The second-order valence-electron chi connectivity index (χ2n) is 11.1. The number of hydrogen-bond donors (Lipinski definition) is 10. The Balaban J connectivity index is 1.53. The molecule has 4 fully saturated rings. The molecule has 0 spiro atoms. The summed E-state index contributed by atoms with van der Waals surface area (Å²) in [6.45, 7) is 5.69. The second kappa shape index (κ2) is 13.1. The molecule has 1 unspecified atom stereocenters. The molecule has 240 valence electrons. The highest BCUT2D eigenvalue weighted by molar-refractivity contribution is 4.96. The Labute approximate surface area is 235 Å². The summed E-state index contributed by atoms with van der Waals surface area (Å²) in [6.07, 6.45) is -29.7. The molecule has 0 aliphatic carbocycles. The molecule has 4 saturated heterocycles. The van der Waals surface area contributed by atoms with Crippen molar-refractivity contribution in [3.63, 3.8) is 0 Å². The van der Waals surface area contributed by atoms with E-state index in [2.05, 4.69) is 0 Å². The van der Waals surface area contributed by atoms with E-state index in [0.717, 1.165) is 0 Å². The van der Waals surface area contributed by atoms with Crippen LogP contribution in [0.4, 0.5) is 0 Å². The van der Waals surface area contributed by atoms with Gasteiger partial charge in [0.1, 0.15) is 73.2 Å². The molecule has 0 bridgehead atoms. The molecule has 4 heterocycles. The third kappa shape index (κ3) is 6.57. The van der Waals surface area contributed by atoms with E-state index in [1.54, 1.807) is 0 Å². The average molecular weight is 603 g/mol. The van der Waals surface area contributed by atoms with E-state index in [4.69, 9.17) is 33.2 Å². The van der Waals surface area contributed by atoms with Gasteiger partial charge in [0.05, 0.1) is 24.4 Å². The van der Waals surface area contributed by atoms with E-state index in [1.807, 2.05) is 0 Å². The molecule has 41 heavy (non-hydrogen) atoms. The van der Waals surface area contributed by atoms with Crippen LogP contribution in [-0.4, -0.2) is 174 Å². The Morgan fingerprint density at radius 3 is 1.32 bits per heavy atom. The van der Waals surface area contributed by atoms with Gasteiger partial charge in [0.15, 0.2) is 25.2 Å². The fourth-order valence-corrected chi connectivity index (χ4v) is 5.29. The van der Waals surface area contributed by atoms with Crippen molar-refractivity contribution in [2.45, 2.75) is 151 Å². The summed E-state index contributed by atoms with van der Waals surface area (Å²) >= 11 is 0. The number of ether oxygens (including phenoxy) is 7. The monoisotopic (exact) mass is 602 g/mol. The maximum absolute atomic E-state index is 11.1. The maximum atomic E-state index is 11.1. The average Bonchev–Trinajstić information content (AvgIpc) is 2.92. The van der Waals surface area contributed by atoms with E-state index in [0.29, 0.717) is 0 Å². The van der Waals surface area contributed by atoms with Crippen molar-refractivity contribution in [1.82, 2.24) is 0 Å². The highest BCUT2D eigenvalue weighted by Crippen LogP contribution is 2.34. The lowest BCUT2D eigenvalue weighted by atomic mass is 9.96. The van der Waals surface area contributed by atoms with Gasteiger partial charge in [-0.1, -0.05) is 0 Å². The van der Waals surface area contributed by atoms with Crippen LogP contribution in [0.15, 0.2) is 0 Å². The second-order valence-corrected chi connectivity index (χ2v) is 11.1. The molecule has 0 saturated carbocycles. The molecule has 4 aliphatic heterocycles. The van der Waals surface area contributed by atoms with Crippen LogP contribution in [0, 0.1) is 0 Å². The summed E-state index contributed by atoms with van der Waals surface area (Å²) in [7, 11) is 0. The van der Waals surface area contributed by atoms with Crippen LogP contribution in [0.1, 0.15) is 27.7 Å². The van der Waals surface area contributed by atoms with Crippen LogP contribution < -0.4 is 0 Å². The van der Waals surface area contributed by atoms with Crippen molar-refractivity contribution in [1.29, 1.82) is 0 Å². The van der Waals surface area contributed by atoms with Crippen LogP contribution in [0.5, 0.6) is 0 Å². The van der Waals surface area contributed by atoms with E-state index in [1.165, 1.54) is 27.7 Å². The molecule has 17 nitrogen and oxygen atoms in total. The Kier molecular flexibility index (Phi) is 10.6. The maximum Gasteiger partial charge on any atom is 0.187 e. The first kappa shape index (κ1) is 33.2. The number of aliphatic hydroxyl groups is 10. The number of hydrogen-bond acceptors (Lipinski definition) is 17. The topological polar surface area (TPSA) is 267 Å². The minimum atomic E-state index is -1.80. The zero-order chi connectivity index (χ0) is 30.5. The lowest BCUT2D eigenvalue weighted by Gasteiger charge is -2.49. The molecule has 0 aromatic heterocycles. The van der Waals surface area contributed by atoms with Crippen LogP contribution in [0.2, 0.25) is 0 Å². The standard InChI is InChI=1S/C24H42O17/c1-5-9(25)13(29)15(31)22(36-5)41-20-14(30)10(26)6(2)38-24(20)40-19-12(28)8(4)37-23(17(19)33)39-18-11(27)7(3)35-21(34)16(18)32/h5-34H,1-4H3/t5-,6-,7-,8-,9-,10-,11-,12-,13+,14+,15+,16+,17+,18+,19+,20+,21?,22-,23-,24-/m0/s1.